The second-order valence-corrected chi connectivity index (χ2v) is 9.32. The minimum Gasteiger partial charge on any atom is -0.305 e. The fraction of sp³-hybridized carbons (Fsp3) is 0.200. The summed E-state index contributed by atoms with van der Waals surface area (Å²) in [7, 11) is -3.33. The van der Waals surface area contributed by atoms with Crippen molar-refractivity contribution < 1.29 is 13.2 Å². The van der Waals surface area contributed by atoms with Crippen molar-refractivity contribution in [2.24, 2.45) is 4.99 Å². The molecule has 1 heterocycles. The first-order valence-electron chi connectivity index (χ1n) is 8.14. The summed E-state index contributed by atoms with van der Waals surface area (Å²) < 4.78 is 26.1. The van der Waals surface area contributed by atoms with E-state index in [1.807, 2.05) is 26.0 Å². The number of nitrogens with zero attached hydrogens (tertiary/aromatic N) is 2. The second-order valence-electron chi connectivity index (χ2n) is 6.29. The number of sulfone groups is 1. The van der Waals surface area contributed by atoms with Gasteiger partial charge in [0.25, 0.3) is 5.91 Å². The van der Waals surface area contributed by atoms with Gasteiger partial charge in [0.2, 0.25) is 0 Å². The summed E-state index contributed by atoms with van der Waals surface area (Å²) in [5, 5.41) is 0. The smallest absolute Gasteiger partial charge is 0.279 e. The number of aryl methyl sites for hydroxylation is 2. The molecule has 0 bridgehead atoms. The predicted octanol–water partition coefficient (Wildman–Crippen LogP) is 3.10. The molecule has 0 aliphatic heterocycles. The normalized spacial score (nSPS) is 12.3. The third kappa shape index (κ3) is 3.87. The lowest BCUT2D eigenvalue weighted by atomic mass is 10.1. The maximum atomic E-state index is 12.6. The van der Waals surface area contributed by atoms with E-state index < -0.39 is 9.84 Å². The van der Waals surface area contributed by atoms with Crippen LogP contribution in [-0.4, -0.2) is 25.1 Å². The Kier molecular flexibility index (Phi) is 5.05. The highest BCUT2D eigenvalue weighted by molar-refractivity contribution is 7.90. The van der Waals surface area contributed by atoms with E-state index in [2.05, 4.69) is 10.9 Å². The van der Waals surface area contributed by atoms with Gasteiger partial charge >= 0.3 is 0 Å². The summed E-state index contributed by atoms with van der Waals surface area (Å²) in [6.07, 6.45) is 6.63. The van der Waals surface area contributed by atoms with Gasteiger partial charge in [0, 0.05) is 11.8 Å². The fourth-order valence-corrected chi connectivity index (χ4v) is 4.43. The lowest BCUT2D eigenvalue weighted by Gasteiger charge is -2.02. The number of fused-ring (bicyclic) bond motifs is 1. The van der Waals surface area contributed by atoms with Crippen LogP contribution in [0.2, 0.25) is 0 Å². The Labute approximate surface area is 161 Å². The second kappa shape index (κ2) is 7.14. The lowest BCUT2D eigenvalue weighted by molar-refractivity contribution is 0.0998. The van der Waals surface area contributed by atoms with Gasteiger partial charge in [-0.15, -0.1) is 6.42 Å². The van der Waals surface area contributed by atoms with Crippen molar-refractivity contribution in [2.75, 3.05) is 6.26 Å². The van der Waals surface area contributed by atoms with E-state index in [-0.39, 0.29) is 17.3 Å². The number of hydrogen-bond donors (Lipinski definition) is 0. The average Bonchev–Trinajstić information content (AvgIpc) is 2.93. The topological polar surface area (TPSA) is 68.5 Å². The summed E-state index contributed by atoms with van der Waals surface area (Å²) in [4.78, 5) is 17.5. The van der Waals surface area contributed by atoms with Crippen LogP contribution >= 0.6 is 11.3 Å². The number of rotatable bonds is 3. The van der Waals surface area contributed by atoms with E-state index in [9.17, 15) is 13.2 Å². The third-order valence-corrected chi connectivity index (χ3v) is 6.43. The minimum atomic E-state index is -3.33. The van der Waals surface area contributed by atoms with E-state index in [4.69, 9.17) is 6.42 Å². The zero-order valence-electron chi connectivity index (χ0n) is 15.2. The highest BCUT2D eigenvalue weighted by atomic mass is 32.2. The number of thiazole rings is 1. The summed E-state index contributed by atoms with van der Waals surface area (Å²) >= 11 is 1.24. The molecule has 3 aromatic rings. The van der Waals surface area contributed by atoms with E-state index in [1.165, 1.54) is 17.4 Å². The number of aromatic nitrogens is 1. The molecule has 0 N–H and O–H groups in total. The fourth-order valence-electron chi connectivity index (χ4n) is 2.64. The molecule has 3 rings (SSSR count). The van der Waals surface area contributed by atoms with E-state index in [0.717, 1.165) is 22.9 Å². The van der Waals surface area contributed by atoms with Gasteiger partial charge in [-0.05, 0) is 55.3 Å². The molecule has 0 atom stereocenters. The van der Waals surface area contributed by atoms with E-state index in [1.54, 1.807) is 22.8 Å². The van der Waals surface area contributed by atoms with Crippen molar-refractivity contribution in [3.8, 4) is 12.3 Å². The zero-order chi connectivity index (χ0) is 19.8. The van der Waals surface area contributed by atoms with Crippen LogP contribution in [0.4, 0.5) is 0 Å². The van der Waals surface area contributed by atoms with Crippen LogP contribution in [0.15, 0.2) is 46.3 Å². The average molecular weight is 399 g/mol. The number of terminal acetylenes is 1. The van der Waals surface area contributed by atoms with Crippen molar-refractivity contribution in [1.82, 2.24) is 4.57 Å². The largest absolute Gasteiger partial charge is 0.305 e. The molecule has 0 aliphatic carbocycles. The van der Waals surface area contributed by atoms with Gasteiger partial charge in [0.15, 0.2) is 14.6 Å². The molecule has 0 saturated carbocycles. The van der Waals surface area contributed by atoms with Crippen molar-refractivity contribution in [1.29, 1.82) is 0 Å². The number of hydrogen-bond acceptors (Lipinski definition) is 4. The van der Waals surface area contributed by atoms with Gasteiger partial charge in [-0.2, -0.15) is 4.99 Å². The van der Waals surface area contributed by atoms with Gasteiger partial charge in [-0.1, -0.05) is 23.3 Å². The van der Waals surface area contributed by atoms with Crippen molar-refractivity contribution in [3.05, 3.63) is 57.9 Å². The molecule has 138 valence electrons. The molecule has 5 nitrogen and oxygen atoms in total. The van der Waals surface area contributed by atoms with Crippen molar-refractivity contribution in [3.63, 3.8) is 0 Å². The molecule has 0 radical (unpaired) electrons. The number of carbonyl (C=O) groups excluding carboxylic acids is 1. The van der Waals surface area contributed by atoms with Gasteiger partial charge in [0.05, 0.1) is 21.7 Å². The van der Waals surface area contributed by atoms with Crippen molar-refractivity contribution in [2.45, 2.75) is 25.3 Å². The van der Waals surface area contributed by atoms with Crippen LogP contribution in [0.3, 0.4) is 0 Å². The molecule has 0 unspecified atom stereocenters. The summed E-state index contributed by atoms with van der Waals surface area (Å²) in [6, 6.07) is 10.3. The summed E-state index contributed by atoms with van der Waals surface area (Å²) in [5.41, 5.74) is 3.36. The molecule has 0 spiro atoms. The van der Waals surface area contributed by atoms with Crippen LogP contribution in [-0.2, 0) is 16.4 Å². The molecular weight excluding hydrogens is 380 g/mol. The SMILES string of the molecule is C#CCn1c(=NC(=O)c2ccc(C)c(C)c2)sc2cc(S(C)(=O)=O)ccc21. The molecular formula is C20H18N2O3S2. The number of benzene rings is 2. The van der Waals surface area contributed by atoms with Gasteiger partial charge < -0.3 is 4.57 Å². The quantitative estimate of drug-likeness (QED) is 0.637. The summed E-state index contributed by atoms with van der Waals surface area (Å²) in [5.74, 6) is 2.19. The van der Waals surface area contributed by atoms with Crippen LogP contribution < -0.4 is 4.80 Å². The highest BCUT2D eigenvalue weighted by Crippen LogP contribution is 2.22. The molecule has 1 aromatic heterocycles. The molecule has 2 aromatic carbocycles. The Balaban J connectivity index is 2.18. The minimum absolute atomic E-state index is 0.219. The van der Waals surface area contributed by atoms with Gasteiger partial charge in [-0.3, -0.25) is 4.79 Å². The first kappa shape index (κ1) is 19.1. The molecule has 1 amide bonds. The Morgan fingerprint density at radius 3 is 2.56 bits per heavy atom. The maximum Gasteiger partial charge on any atom is 0.279 e. The van der Waals surface area contributed by atoms with Gasteiger partial charge in [0.1, 0.15) is 0 Å². The van der Waals surface area contributed by atoms with Crippen LogP contribution in [0.1, 0.15) is 21.5 Å². The Morgan fingerprint density at radius 1 is 1.19 bits per heavy atom. The Bertz CT molecular complexity index is 1270. The lowest BCUT2D eigenvalue weighted by Crippen LogP contribution is -2.16. The van der Waals surface area contributed by atoms with E-state index in [0.29, 0.717) is 15.1 Å². The zero-order valence-corrected chi connectivity index (χ0v) is 16.8. The number of amides is 1. The van der Waals surface area contributed by atoms with Gasteiger partial charge in [-0.25, -0.2) is 8.42 Å². The maximum absolute atomic E-state index is 12.6. The molecule has 7 heteroatoms. The summed E-state index contributed by atoms with van der Waals surface area (Å²) in [6.45, 7) is 4.15. The van der Waals surface area contributed by atoms with Crippen molar-refractivity contribution >= 4 is 37.3 Å². The third-order valence-electron chi connectivity index (χ3n) is 4.28. The molecule has 0 aliphatic rings. The van der Waals surface area contributed by atoms with Crippen LogP contribution in [0.25, 0.3) is 10.2 Å². The number of carbonyl (C=O) groups is 1. The molecule has 0 saturated heterocycles. The molecule has 0 fully saturated rings. The molecule has 27 heavy (non-hydrogen) atoms. The first-order chi connectivity index (χ1) is 12.7. The first-order valence-corrected chi connectivity index (χ1v) is 10.8. The van der Waals surface area contributed by atoms with Crippen LogP contribution in [0, 0.1) is 26.2 Å². The highest BCUT2D eigenvalue weighted by Gasteiger charge is 2.13. The predicted molar refractivity (Wildman–Crippen MR) is 108 cm³/mol. The monoisotopic (exact) mass is 398 g/mol. The Hall–Kier alpha value is -2.69. The van der Waals surface area contributed by atoms with Crippen LogP contribution in [0.5, 0.6) is 0 Å². The Morgan fingerprint density at radius 2 is 1.93 bits per heavy atom. The van der Waals surface area contributed by atoms with E-state index >= 15 is 0 Å². The standard InChI is InChI=1S/C20H18N2O3S2/c1-5-10-22-17-9-8-16(27(4,24)25)12-18(17)26-20(22)21-19(23)15-7-6-13(2)14(3)11-15/h1,6-9,11-12H,10H2,2-4H3.